The standard InChI is InChI=1S/C16H17FO3/c1-10-4-6-11(7-5-10)16(18)12-8-14(19-2)15(20-3)9-13(12)17/h4-9,16,18H,1-3H3. The second kappa shape index (κ2) is 5.92. The number of benzene rings is 2. The minimum Gasteiger partial charge on any atom is -0.493 e. The zero-order chi connectivity index (χ0) is 14.7. The van der Waals surface area contributed by atoms with Gasteiger partial charge in [-0.25, -0.2) is 4.39 Å². The van der Waals surface area contributed by atoms with Crippen LogP contribution in [-0.2, 0) is 0 Å². The number of rotatable bonds is 4. The van der Waals surface area contributed by atoms with E-state index in [0.29, 0.717) is 17.1 Å². The molecule has 0 bridgehead atoms. The summed E-state index contributed by atoms with van der Waals surface area (Å²) in [6.07, 6.45) is -1.05. The highest BCUT2D eigenvalue weighted by Gasteiger charge is 2.18. The summed E-state index contributed by atoms with van der Waals surface area (Å²) in [5.41, 5.74) is 1.86. The summed E-state index contributed by atoms with van der Waals surface area (Å²) in [5, 5.41) is 10.3. The third-order valence-corrected chi connectivity index (χ3v) is 3.19. The van der Waals surface area contributed by atoms with Crippen molar-refractivity contribution in [2.45, 2.75) is 13.0 Å². The molecule has 1 atom stereocenters. The number of aliphatic hydroxyl groups is 1. The second-order valence-corrected chi connectivity index (χ2v) is 4.54. The van der Waals surface area contributed by atoms with Gasteiger partial charge in [-0.1, -0.05) is 29.8 Å². The molecule has 0 fully saturated rings. The predicted molar refractivity (Wildman–Crippen MR) is 74.7 cm³/mol. The number of methoxy groups -OCH3 is 2. The fourth-order valence-electron chi connectivity index (χ4n) is 2.01. The lowest BCUT2D eigenvalue weighted by molar-refractivity contribution is 0.214. The highest BCUT2D eigenvalue weighted by molar-refractivity contribution is 5.46. The van der Waals surface area contributed by atoms with Crippen molar-refractivity contribution in [3.63, 3.8) is 0 Å². The van der Waals surface area contributed by atoms with E-state index in [9.17, 15) is 9.50 Å². The third-order valence-electron chi connectivity index (χ3n) is 3.19. The normalized spacial score (nSPS) is 12.1. The average molecular weight is 276 g/mol. The van der Waals surface area contributed by atoms with Gasteiger partial charge in [0.15, 0.2) is 11.5 Å². The van der Waals surface area contributed by atoms with Gasteiger partial charge >= 0.3 is 0 Å². The maximum absolute atomic E-state index is 14.1. The van der Waals surface area contributed by atoms with Crippen molar-refractivity contribution >= 4 is 0 Å². The molecule has 3 nitrogen and oxygen atoms in total. The van der Waals surface area contributed by atoms with Gasteiger partial charge in [0.2, 0.25) is 0 Å². The van der Waals surface area contributed by atoms with Gasteiger partial charge in [0.1, 0.15) is 11.9 Å². The molecular weight excluding hydrogens is 259 g/mol. The Kier molecular flexibility index (Phi) is 4.25. The Morgan fingerprint density at radius 1 is 1.00 bits per heavy atom. The van der Waals surface area contributed by atoms with Crippen LogP contribution >= 0.6 is 0 Å². The zero-order valence-corrected chi connectivity index (χ0v) is 11.7. The molecule has 0 radical (unpaired) electrons. The Labute approximate surface area is 117 Å². The fraction of sp³-hybridized carbons (Fsp3) is 0.250. The van der Waals surface area contributed by atoms with Gasteiger partial charge in [-0.3, -0.25) is 0 Å². The first kappa shape index (κ1) is 14.3. The molecule has 0 aromatic heterocycles. The number of ether oxygens (including phenoxy) is 2. The van der Waals surface area contributed by atoms with Gasteiger partial charge in [-0.15, -0.1) is 0 Å². The minimum atomic E-state index is -1.05. The molecule has 20 heavy (non-hydrogen) atoms. The van der Waals surface area contributed by atoms with Crippen molar-refractivity contribution in [3.8, 4) is 11.5 Å². The average Bonchev–Trinajstić information content (AvgIpc) is 2.47. The van der Waals surface area contributed by atoms with Gasteiger partial charge in [0, 0.05) is 11.6 Å². The smallest absolute Gasteiger partial charge is 0.163 e. The van der Waals surface area contributed by atoms with Gasteiger partial charge in [-0.2, -0.15) is 0 Å². The molecule has 0 saturated heterocycles. The van der Waals surface area contributed by atoms with Crippen LogP contribution in [0.2, 0.25) is 0 Å². The van der Waals surface area contributed by atoms with E-state index in [1.807, 2.05) is 19.1 Å². The van der Waals surface area contributed by atoms with E-state index in [1.165, 1.54) is 26.4 Å². The lowest BCUT2D eigenvalue weighted by atomic mass is 9.99. The van der Waals surface area contributed by atoms with Gasteiger partial charge < -0.3 is 14.6 Å². The Hall–Kier alpha value is -2.07. The molecule has 0 aliphatic carbocycles. The minimum absolute atomic E-state index is 0.159. The summed E-state index contributed by atoms with van der Waals surface area (Å²) in [6, 6.07) is 9.96. The Morgan fingerprint density at radius 2 is 1.55 bits per heavy atom. The van der Waals surface area contributed by atoms with Crippen molar-refractivity contribution in [1.82, 2.24) is 0 Å². The lowest BCUT2D eigenvalue weighted by Gasteiger charge is -2.16. The van der Waals surface area contributed by atoms with E-state index in [-0.39, 0.29) is 5.56 Å². The molecule has 0 heterocycles. The molecule has 106 valence electrons. The summed E-state index contributed by atoms with van der Waals surface area (Å²) >= 11 is 0. The molecule has 0 aliphatic heterocycles. The molecule has 0 aliphatic rings. The summed E-state index contributed by atoms with van der Waals surface area (Å²) < 4.78 is 24.2. The van der Waals surface area contributed by atoms with Crippen molar-refractivity contribution in [2.24, 2.45) is 0 Å². The molecular formula is C16H17FO3. The maximum atomic E-state index is 14.1. The molecule has 0 saturated carbocycles. The summed E-state index contributed by atoms with van der Waals surface area (Å²) in [5.74, 6) is 0.149. The van der Waals surface area contributed by atoms with Crippen LogP contribution in [0.1, 0.15) is 22.8 Å². The van der Waals surface area contributed by atoms with Crippen LogP contribution in [0.3, 0.4) is 0 Å². The van der Waals surface area contributed by atoms with Crippen LogP contribution in [0.5, 0.6) is 11.5 Å². The zero-order valence-electron chi connectivity index (χ0n) is 11.7. The van der Waals surface area contributed by atoms with Crippen molar-refractivity contribution in [2.75, 3.05) is 14.2 Å². The first-order valence-electron chi connectivity index (χ1n) is 6.23. The van der Waals surface area contributed by atoms with Gasteiger partial charge in [0.25, 0.3) is 0 Å². The number of aryl methyl sites for hydroxylation is 1. The first-order chi connectivity index (χ1) is 9.56. The lowest BCUT2D eigenvalue weighted by Crippen LogP contribution is -2.04. The van der Waals surface area contributed by atoms with Crippen molar-refractivity contribution in [3.05, 3.63) is 58.9 Å². The largest absolute Gasteiger partial charge is 0.493 e. The summed E-state index contributed by atoms with van der Waals surface area (Å²) in [7, 11) is 2.91. The topological polar surface area (TPSA) is 38.7 Å². The number of halogens is 1. The molecule has 0 spiro atoms. The van der Waals surface area contributed by atoms with Crippen molar-refractivity contribution < 1.29 is 19.0 Å². The van der Waals surface area contributed by atoms with E-state index in [2.05, 4.69) is 0 Å². The Balaban J connectivity index is 2.43. The predicted octanol–water partition coefficient (Wildman–Crippen LogP) is 3.23. The number of aliphatic hydroxyl groups excluding tert-OH is 1. The van der Waals surface area contributed by atoms with Crippen LogP contribution in [0.25, 0.3) is 0 Å². The number of hydrogen-bond donors (Lipinski definition) is 1. The fourth-order valence-corrected chi connectivity index (χ4v) is 2.01. The molecule has 0 amide bonds. The molecule has 1 unspecified atom stereocenters. The van der Waals surface area contributed by atoms with E-state index in [4.69, 9.17) is 9.47 Å². The van der Waals surface area contributed by atoms with Crippen LogP contribution in [0, 0.1) is 12.7 Å². The third kappa shape index (κ3) is 2.75. The molecule has 1 N–H and O–H groups in total. The Morgan fingerprint density at radius 3 is 2.10 bits per heavy atom. The molecule has 2 aromatic carbocycles. The summed E-state index contributed by atoms with van der Waals surface area (Å²) in [4.78, 5) is 0. The van der Waals surface area contributed by atoms with Crippen LogP contribution in [-0.4, -0.2) is 19.3 Å². The van der Waals surface area contributed by atoms with E-state index >= 15 is 0 Å². The van der Waals surface area contributed by atoms with Crippen LogP contribution < -0.4 is 9.47 Å². The Bertz CT molecular complexity index is 593. The maximum Gasteiger partial charge on any atom is 0.163 e. The van der Waals surface area contributed by atoms with E-state index < -0.39 is 11.9 Å². The summed E-state index contributed by atoms with van der Waals surface area (Å²) in [6.45, 7) is 1.95. The molecule has 2 rings (SSSR count). The quantitative estimate of drug-likeness (QED) is 0.931. The SMILES string of the molecule is COc1cc(F)c(C(O)c2ccc(C)cc2)cc1OC. The highest BCUT2D eigenvalue weighted by atomic mass is 19.1. The van der Waals surface area contributed by atoms with E-state index in [1.54, 1.807) is 12.1 Å². The van der Waals surface area contributed by atoms with Crippen LogP contribution in [0.4, 0.5) is 4.39 Å². The van der Waals surface area contributed by atoms with Crippen molar-refractivity contribution in [1.29, 1.82) is 0 Å². The highest BCUT2D eigenvalue weighted by Crippen LogP contribution is 2.34. The second-order valence-electron chi connectivity index (χ2n) is 4.54. The molecule has 4 heteroatoms. The number of hydrogen-bond acceptors (Lipinski definition) is 3. The van der Waals surface area contributed by atoms with E-state index in [0.717, 1.165) is 5.56 Å². The molecule has 2 aromatic rings. The van der Waals surface area contributed by atoms with Gasteiger partial charge in [-0.05, 0) is 18.6 Å². The first-order valence-corrected chi connectivity index (χ1v) is 6.23. The monoisotopic (exact) mass is 276 g/mol. The van der Waals surface area contributed by atoms with Gasteiger partial charge in [0.05, 0.1) is 14.2 Å². The van der Waals surface area contributed by atoms with Crippen LogP contribution in [0.15, 0.2) is 36.4 Å².